The number of aliphatic hydroxyl groups is 1. The lowest BCUT2D eigenvalue weighted by atomic mass is 9.93. The smallest absolute Gasteiger partial charge is 0.322 e. The van der Waals surface area contributed by atoms with Gasteiger partial charge in [-0.2, -0.15) is 0 Å². The number of halogens is 3. The summed E-state index contributed by atoms with van der Waals surface area (Å²) < 4.78 is 31.2. The quantitative estimate of drug-likeness (QED) is 0.257. The first-order valence-electron chi connectivity index (χ1n) is 12.9. The summed E-state index contributed by atoms with van der Waals surface area (Å²) in [5.41, 5.74) is -3.54. The molecule has 3 aromatic heterocycles. The summed E-state index contributed by atoms with van der Waals surface area (Å²) in [5.74, 6) is -3.95. The van der Waals surface area contributed by atoms with E-state index in [2.05, 4.69) is 16.5 Å². The summed E-state index contributed by atoms with van der Waals surface area (Å²) in [7, 11) is 0. The molecule has 5 rings (SSSR count). The highest BCUT2D eigenvalue weighted by atomic mass is 35.5. The number of aromatic nitrogens is 4. The highest BCUT2D eigenvalue weighted by molar-refractivity contribution is 6.33. The molecule has 42 heavy (non-hydrogen) atoms. The first-order valence-corrected chi connectivity index (χ1v) is 13.3. The number of pyridine rings is 2. The number of β-amino-alcohol motifs (C(OH)–C–C–N with tert-alkyl or cyclic N) is 1. The SMILES string of the molecule is C=CC(=O)N1CC(O)(Cn2c(=O)c(=O)n(-c3c(C)ccnc3C(C)C)c3nc(-c4c(O)ccc(F)c4F)c(Cl)cc32)C1. The van der Waals surface area contributed by atoms with Crippen LogP contribution >= 0.6 is 11.6 Å². The number of hydrogen-bond acceptors (Lipinski definition) is 7. The molecular formula is C29H26ClF2N5O5. The molecule has 10 nitrogen and oxygen atoms in total. The van der Waals surface area contributed by atoms with Crippen LogP contribution in [0.3, 0.4) is 0 Å². The summed E-state index contributed by atoms with van der Waals surface area (Å²) >= 11 is 6.51. The fourth-order valence-electron chi connectivity index (χ4n) is 5.18. The largest absolute Gasteiger partial charge is 0.507 e. The first kappa shape index (κ1) is 29.1. The number of carbonyl (C=O) groups is 1. The van der Waals surface area contributed by atoms with Crippen molar-refractivity contribution in [3.63, 3.8) is 0 Å². The third-order valence-electron chi connectivity index (χ3n) is 7.21. The minimum Gasteiger partial charge on any atom is -0.507 e. The number of amides is 1. The molecular weight excluding hydrogens is 572 g/mol. The number of hydrogen-bond donors (Lipinski definition) is 2. The Morgan fingerprint density at radius 1 is 1.21 bits per heavy atom. The average Bonchev–Trinajstić information content (AvgIpc) is 2.93. The van der Waals surface area contributed by atoms with Crippen molar-refractivity contribution in [2.24, 2.45) is 0 Å². The van der Waals surface area contributed by atoms with Crippen molar-refractivity contribution in [2.45, 2.75) is 38.8 Å². The molecule has 0 spiro atoms. The molecule has 1 amide bonds. The van der Waals surface area contributed by atoms with Gasteiger partial charge in [0.25, 0.3) is 0 Å². The molecule has 0 atom stereocenters. The number of phenols is 1. The van der Waals surface area contributed by atoms with E-state index in [9.17, 15) is 33.4 Å². The van der Waals surface area contributed by atoms with E-state index in [-0.39, 0.29) is 46.6 Å². The zero-order chi connectivity index (χ0) is 30.7. The lowest BCUT2D eigenvalue weighted by Gasteiger charge is -2.46. The van der Waals surface area contributed by atoms with Crippen molar-refractivity contribution in [1.29, 1.82) is 0 Å². The van der Waals surface area contributed by atoms with Crippen molar-refractivity contribution >= 4 is 28.7 Å². The lowest BCUT2D eigenvalue weighted by molar-refractivity contribution is -0.152. The Bertz CT molecular complexity index is 1910. The highest BCUT2D eigenvalue weighted by Crippen LogP contribution is 2.38. The molecule has 4 heterocycles. The van der Waals surface area contributed by atoms with Crippen LogP contribution in [0.25, 0.3) is 28.1 Å². The van der Waals surface area contributed by atoms with Gasteiger partial charge in [0.15, 0.2) is 17.3 Å². The number of benzene rings is 1. The number of rotatable bonds is 6. The molecule has 13 heteroatoms. The van der Waals surface area contributed by atoms with Crippen molar-refractivity contribution in [3.05, 3.63) is 91.7 Å². The van der Waals surface area contributed by atoms with Gasteiger partial charge in [0.1, 0.15) is 11.4 Å². The Kier molecular flexibility index (Phi) is 7.23. The maximum atomic E-state index is 15.0. The third-order valence-corrected chi connectivity index (χ3v) is 7.50. The molecule has 1 aliphatic heterocycles. The first-order chi connectivity index (χ1) is 19.8. The summed E-state index contributed by atoms with van der Waals surface area (Å²) in [5, 5.41) is 21.3. The van der Waals surface area contributed by atoms with E-state index in [0.717, 1.165) is 27.3 Å². The van der Waals surface area contributed by atoms with Crippen molar-refractivity contribution in [2.75, 3.05) is 13.1 Å². The van der Waals surface area contributed by atoms with Gasteiger partial charge < -0.3 is 15.1 Å². The van der Waals surface area contributed by atoms with Gasteiger partial charge in [-0.25, -0.2) is 13.8 Å². The van der Waals surface area contributed by atoms with E-state index in [4.69, 9.17) is 11.6 Å². The molecule has 1 saturated heterocycles. The van der Waals surface area contributed by atoms with E-state index < -0.39 is 52.1 Å². The van der Waals surface area contributed by atoms with Crippen molar-refractivity contribution in [3.8, 4) is 22.7 Å². The van der Waals surface area contributed by atoms with Crippen molar-refractivity contribution in [1.82, 2.24) is 24.0 Å². The van der Waals surface area contributed by atoms with Crippen LogP contribution in [-0.2, 0) is 11.3 Å². The van der Waals surface area contributed by atoms with E-state index >= 15 is 0 Å². The summed E-state index contributed by atoms with van der Waals surface area (Å²) in [6, 6.07) is 4.55. The normalized spacial score (nSPS) is 14.3. The van der Waals surface area contributed by atoms with Crippen LogP contribution in [0, 0.1) is 18.6 Å². The summed E-state index contributed by atoms with van der Waals surface area (Å²) in [6.45, 7) is 8.16. The van der Waals surface area contributed by atoms with E-state index in [1.54, 1.807) is 19.2 Å². The molecule has 1 aliphatic rings. The summed E-state index contributed by atoms with van der Waals surface area (Å²) in [6.07, 6.45) is 2.65. The van der Waals surface area contributed by atoms with Crippen LogP contribution in [0.15, 0.2) is 52.7 Å². The van der Waals surface area contributed by atoms with Crippen LogP contribution in [0.4, 0.5) is 8.78 Å². The van der Waals surface area contributed by atoms with E-state index in [0.29, 0.717) is 11.3 Å². The minimum absolute atomic E-state index is 0.00969. The third kappa shape index (κ3) is 4.66. The number of aromatic hydroxyl groups is 1. The summed E-state index contributed by atoms with van der Waals surface area (Å²) in [4.78, 5) is 49.6. The maximum absolute atomic E-state index is 15.0. The average molecular weight is 598 g/mol. The van der Waals surface area contributed by atoms with Gasteiger partial charge >= 0.3 is 11.1 Å². The fourth-order valence-corrected chi connectivity index (χ4v) is 5.42. The van der Waals surface area contributed by atoms with Gasteiger partial charge in [0.2, 0.25) is 5.91 Å². The zero-order valence-electron chi connectivity index (χ0n) is 22.9. The number of carbonyl (C=O) groups excluding carboxylic acids is 1. The molecule has 0 bridgehead atoms. The Morgan fingerprint density at radius 3 is 2.55 bits per heavy atom. The zero-order valence-corrected chi connectivity index (χ0v) is 23.6. The fraction of sp³-hybridized carbons (Fsp3) is 0.276. The molecule has 1 fully saturated rings. The predicted molar refractivity (Wildman–Crippen MR) is 152 cm³/mol. The molecule has 0 radical (unpaired) electrons. The Morgan fingerprint density at radius 2 is 1.90 bits per heavy atom. The molecule has 0 saturated carbocycles. The van der Waals surface area contributed by atoms with Gasteiger partial charge in [-0.1, -0.05) is 32.0 Å². The van der Waals surface area contributed by atoms with E-state index in [1.165, 1.54) is 11.0 Å². The predicted octanol–water partition coefficient (Wildman–Crippen LogP) is 3.44. The topological polar surface area (TPSA) is 131 Å². The maximum Gasteiger partial charge on any atom is 0.322 e. The second-order valence-electron chi connectivity index (χ2n) is 10.6. The molecule has 2 N–H and O–H groups in total. The molecule has 0 aliphatic carbocycles. The lowest BCUT2D eigenvalue weighted by Crippen LogP contribution is -2.66. The molecule has 1 aromatic carbocycles. The standard InChI is InChI=1S/C29H26ClF2N5O5/c1-5-20(39)35-11-29(42,12-35)13-36-18-10-16(30)24(21-19(38)7-6-17(31)22(21)32)34-26(18)37(28(41)27(36)40)25-15(4)8-9-33-23(25)14(2)3/h5-10,14,38,42H,1,11-13H2,2-4H3. The van der Waals surface area contributed by atoms with Gasteiger partial charge in [-0.3, -0.25) is 28.5 Å². The second-order valence-corrected chi connectivity index (χ2v) is 11.0. The minimum atomic E-state index is -1.57. The van der Waals surface area contributed by atoms with Crippen molar-refractivity contribution < 1.29 is 23.8 Å². The monoisotopic (exact) mass is 597 g/mol. The van der Waals surface area contributed by atoms with Gasteiger partial charge in [-0.15, -0.1) is 0 Å². The van der Waals surface area contributed by atoms with Gasteiger partial charge in [0.05, 0.1) is 52.8 Å². The van der Waals surface area contributed by atoms with Crippen LogP contribution in [0.5, 0.6) is 5.75 Å². The van der Waals surface area contributed by atoms with Crippen LogP contribution in [-0.4, -0.2) is 58.8 Å². The van der Waals surface area contributed by atoms with E-state index in [1.807, 2.05) is 13.8 Å². The van der Waals surface area contributed by atoms with Gasteiger partial charge in [-0.05, 0) is 48.7 Å². The Balaban J connectivity index is 1.86. The molecule has 4 aromatic rings. The Labute approximate surface area is 242 Å². The highest BCUT2D eigenvalue weighted by Gasteiger charge is 2.44. The number of aryl methyl sites for hydroxylation is 1. The molecule has 218 valence electrons. The number of fused-ring (bicyclic) bond motifs is 1. The van der Waals surface area contributed by atoms with Crippen LogP contribution in [0.1, 0.15) is 31.0 Å². The number of likely N-dealkylation sites (tertiary alicyclic amines) is 1. The molecule has 0 unspecified atom stereocenters. The van der Waals surface area contributed by atoms with Gasteiger partial charge in [0, 0.05) is 6.20 Å². The van der Waals surface area contributed by atoms with Crippen LogP contribution < -0.4 is 11.1 Å². The number of phenolic OH excluding ortho intramolecular Hbond substituents is 1. The second kappa shape index (κ2) is 10.4. The van der Waals surface area contributed by atoms with Crippen LogP contribution in [0.2, 0.25) is 5.02 Å². The Hall–Kier alpha value is -4.42. The number of nitrogens with zero attached hydrogens (tertiary/aromatic N) is 5.